The van der Waals surface area contributed by atoms with Crippen molar-refractivity contribution < 1.29 is 27.9 Å². The van der Waals surface area contributed by atoms with E-state index in [4.69, 9.17) is 18.3 Å². The summed E-state index contributed by atoms with van der Waals surface area (Å²) in [6.07, 6.45) is 2.93. The van der Waals surface area contributed by atoms with Crippen molar-refractivity contribution in [3.05, 3.63) is 84.0 Å². The number of furan rings is 2. The molecule has 0 bridgehead atoms. The van der Waals surface area contributed by atoms with Gasteiger partial charge in [-0.25, -0.2) is 0 Å². The smallest absolute Gasteiger partial charge is 0.291 e. The maximum absolute atomic E-state index is 12.7. The summed E-state index contributed by atoms with van der Waals surface area (Å²) >= 11 is 0. The fraction of sp³-hybridized carbons (Fsp3) is 0.208. The molecule has 4 rings (SSSR count). The number of ether oxygens (including phenoxy) is 2. The molecule has 10 heteroatoms. The number of amides is 2. The number of aromatic nitrogens is 2. The summed E-state index contributed by atoms with van der Waals surface area (Å²) in [5.74, 6) is 1.65. The Morgan fingerprint density at radius 1 is 1.00 bits per heavy atom. The number of carbonyl (C=O) groups is 2. The number of rotatable bonds is 10. The summed E-state index contributed by atoms with van der Waals surface area (Å²) in [6, 6.07) is 13.9. The maximum Gasteiger partial charge on any atom is 0.291 e. The third-order valence-electron chi connectivity index (χ3n) is 4.81. The van der Waals surface area contributed by atoms with E-state index < -0.39 is 11.8 Å². The quantitative estimate of drug-likeness (QED) is 0.366. The standard InChI is InChI=1S/C24H24N4O6/c1-3-31-16-6-8-17(9-7-16)33-15-19-10-11-21(34-19)23(29)27-20-14-26-28(2)22(20)24(30)25-13-18-5-4-12-32-18/h4-12,14H,3,13,15H2,1-2H3,(H,25,30)(H,27,29). The lowest BCUT2D eigenvalue weighted by molar-refractivity contribution is 0.0939. The molecule has 176 valence electrons. The second-order valence-corrected chi connectivity index (χ2v) is 7.21. The summed E-state index contributed by atoms with van der Waals surface area (Å²) in [4.78, 5) is 25.3. The van der Waals surface area contributed by atoms with E-state index in [1.54, 1.807) is 43.4 Å². The number of aryl methyl sites for hydroxylation is 1. The Balaban J connectivity index is 1.35. The van der Waals surface area contributed by atoms with Gasteiger partial charge in [0.2, 0.25) is 0 Å². The first-order valence-electron chi connectivity index (χ1n) is 10.6. The van der Waals surface area contributed by atoms with Gasteiger partial charge in [-0.2, -0.15) is 5.10 Å². The molecule has 1 aromatic carbocycles. The summed E-state index contributed by atoms with van der Waals surface area (Å²) in [6.45, 7) is 2.87. The van der Waals surface area contributed by atoms with Gasteiger partial charge in [0.15, 0.2) is 5.76 Å². The van der Waals surface area contributed by atoms with Crippen LogP contribution < -0.4 is 20.1 Å². The number of hydrogen-bond acceptors (Lipinski definition) is 7. The zero-order valence-corrected chi connectivity index (χ0v) is 18.7. The van der Waals surface area contributed by atoms with Gasteiger partial charge in [0.25, 0.3) is 11.8 Å². The number of hydrogen-bond donors (Lipinski definition) is 2. The molecule has 34 heavy (non-hydrogen) atoms. The molecule has 0 aliphatic rings. The van der Waals surface area contributed by atoms with Crippen molar-refractivity contribution in [2.24, 2.45) is 7.05 Å². The first-order chi connectivity index (χ1) is 16.5. The van der Waals surface area contributed by atoms with E-state index in [0.717, 1.165) is 5.75 Å². The first kappa shape index (κ1) is 22.7. The van der Waals surface area contributed by atoms with E-state index in [1.807, 2.05) is 19.1 Å². The van der Waals surface area contributed by atoms with Crippen molar-refractivity contribution in [2.45, 2.75) is 20.1 Å². The summed E-state index contributed by atoms with van der Waals surface area (Å²) in [7, 11) is 1.61. The Bertz CT molecular complexity index is 1240. The van der Waals surface area contributed by atoms with Gasteiger partial charge in [0.05, 0.1) is 31.3 Å². The van der Waals surface area contributed by atoms with E-state index in [9.17, 15) is 9.59 Å². The van der Waals surface area contributed by atoms with Crippen LogP contribution in [0.3, 0.4) is 0 Å². The monoisotopic (exact) mass is 464 g/mol. The van der Waals surface area contributed by atoms with Gasteiger partial charge < -0.3 is 28.9 Å². The average Bonchev–Trinajstić information content (AvgIpc) is 3.59. The molecule has 0 saturated heterocycles. The Morgan fingerprint density at radius 2 is 1.76 bits per heavy atom. The largest absolute Gasteiger partial charge is 0.494 e. The Labute approximate surface area is 195 Å². The Morgan fingerprint density at radius 3 is 2.47 bits per heavy atom. The van der Waals surface area contributed by atoms with Crippen LogP contribution in [-0.2, 0) is 20.2 Å². The lowest BCUT2D eigenvalue weighted by Gasteiger charge is -2.08. The molecular formula is C24H24N4O6. The normalized spacial score (nSPS) is 10.6. The van der Waals surface area contributed by atoms with Crippen molar-refractivity contribution in [2.75, 3.05) is 11.9 Å². The third kappa shape index (κ3) is 5.47. The zero-order chi connectivity index (χ0) is 23.9. The topological polar surface area (TPSA) is 121 Å². The predicted molar refractivity (Wildman–Crippen MR) is 122 cm³/mol. The highest BCUT2D eigenvalue weighted by Crippen LogP contribution is 2.20. The highest BCUT2D eigenvalue weighted by molar-refractivity contribution is 6.07. The van der Waals surface area contributed by atoms with Gasteiger partial charge in [-0.15, -0.1) is 0 Å². The zero-order valence-electron chi connectivity index (χ0n) is 18.7. The fourth-order valence-corrected chi connectivity index (χ4v) is 3.18. The fourth-order valence-electron chi connectivity index (χ4n) is 3.18. The number of benzene rings is 1. The van der Waals surface area contributed by atoms with E-state index >= 15 is 0 Å². The number of nitrogens with zero attached hydrogens (tertiary/aromatic N) is 2. The minimum absolute atomic E-state index is 0.0797. The van der Waals surface area contributed by atoms with E-state index in [-0.39, 0.29) is 30.3 Å². The van der Waals surface area contributed by atoms with Crippen LogP contribution in [0.25, 0.3) is 0 Å². The molecule has 2 amide bonds. The van der Waals surface area contributed by atoms with Crippen LogP contribution in [0, 0.1) is 0 Å². The number of nitrogens with one attached hydrogen (secondary N) is 2. The van der Waals surface area contributed by atoms with Crippen LogP contribution in [0.2, 0.25) is 0 Å². The Hall–Kier alpha value is -4.47. The lowest BCUT2D eigenvalue weighted by Crippen LogP contribution is -2.26. The Kier molecular flexibility index (Phi) is 6.97. The van der Waals surface area contributed by atoms with Crippen LogP contribution in [-0.4, -0.2) is 28.2 Å². The molecule has 0 fully saturated rings. The van der Waals surface area contributed by atoms with Crippen LogP contribution in [0.15, 0.2) is 69.8 Å². The van der Waals surface area contributed by atoms with E-state index in [1.165, 1.54) is 17.1 Å². The molecule has 0 aliphatic heterocycles. The first-order valence-corrected chi connectivity index (χ1v) is 10.6. The number of anilines is 1. The van der Waals surface area contributed by atoms with Gasteiger partial charge in [0, 0.05) is 7.05 Å². The van der Waals surface area contributed by atoms with Gasteiger partial charge in [-0.1, -0.05) is 0 Å². The summed E-state index contributed by atoms with van der Waals surface area (Å²) in [5.41, 5.74) is 0.457. The molecule has 0 spiro atoms. The average molecular weight is 464 g/mol. The molecule has 4 aromatic rings. The van der Waals surface area contributed by atoms with Gasteiger partial charge in [0.1, 0.15) is 35.3 Å². The molecule has 10 nitrogen and oxygen atoms in total. The molecule has 2 N–H and O–H groups in total. The van der Waals surface area contributed by atoms with Crippen LogP contribution >= 0.6 is 0 Å². The molecule has 3 heterocycles. The second kappa shape index (κ2) is 10.4. The summed E-state index contributed by atoms with van der Waals surface area (Å²) in [5, 5.41) is 9.48. The van der Waals surface area contributed by atoms with Crippen molar-refractivity contribution in [1.29, 1.82) is 0 Å². The lowest BCUT2D eigenvalue weighted by atomic mass is 10.3. The van der Waals surface area contributed by atoms with Crippen molar-refractivity contribution in [1.82, 2.24) is 15.1 Å². The van der Waals surface area contributed by atoms with Crippen molar-refractivity contribution in [3.8, 4) is 11.5 Å². The minimum Gasteiger partial charge on any atom is -0.494 e. The van der Waals surface area contributed by atoms with Crippen LogP contribution in [0.1, 0.15) is 39.5 Å². The van der Waals surface area contributed by atoms with Gasteiger partial charge in [-0.05, 0) is 55.5 Å². The molecule has 3 aromatic heterocycles. The SMILES string of the molecule is CCOc1ccc(OCc2ccc(C(=O)Nc3cnn(C)c3C(=O)NCc3ccco3)o2)cc1. The van der Waals surface area contributed by atoms with Gasteiger partial charge in [-0.3, -0.25) is 14.3 Å². The van der Waals surface area contributed by atoms with Crippen LogP contribution in [0.5, 0.6) is 11.5 Å². The van der Waals surface area contributed by atoms with Gasteiger partial charge >= 0.3 is 0 Å². The second-order valence-electron chi connectivity index (χ2n) is 7.21. The van der Waals surface area contributed by atoms with Crippen LogP contribution in [0.4, 0.5) is 5.69 Å². The van der Waals surface area contributed by atoms with Crippen molar-refractivity contribution >= 4 is 17.5 Å². The third-order valence-corrected chi connectivity index (χ3v) is 4.81. The summed E-state index contributed by atoms with van der Waals surface area (Å²) < 4.78 is 23.3. The molecule has 0 atom stereocenters. The predicted octanol–water partition coefficient (Wildman–Crippen LogP) is 3.77. The number of carbonyl (C=O) groups excluding carboxylic acids is 2. The van der Waals surface area contributed by atoms with E-state index in [0.29, 0.717) is 23.9 Å². The van der Waals surface area contributed by atoms with Crippen molar-refractivity contribution in [3.63, 3.8) is 0 Å². The molecule has 0 saturated carbocycles. The molecule has 0 unspecified atom stereocenters. The molecule has 0 aliphatic carbocycles. The highest BCUT2D eigenvalue weighted by Gasteiger charge is 2.21. The van der Waals surface area contributed by atoms with E-state index in [2.05, 4.69) is 15.7 Å². The highest BCUT2D eigenvalue weighted by atomic mass is 16.5. The molecular weight excluding hydrogens is 440 g/mol. The molecule has 0 radical (unpaired) electrons. The minimum atomic E-state index is -0.514. The maximum atomic E-state index is 12.7.